The van der Waals surface area contributed by atoms with Crippen LogP contribution in [0.15, 0.2) is 60.7 Å². The zero-order chi connectivity index (χ0) is 30.6. The highest BCUT2D eigenvalue weighted by Gasteiger charge is 2.39. The third-order valence-electron chi connectivity index (χ3n) is 6.30. The van der Waals surface area contributed by atoms with Crippen LogP contribution in [-0.2, 0) is 36.9 Å². The minimum atomic E-state index is -1.12. The highest BCUT2D eigenvalue weighted by atomic mass is 16.6. The van der Waals surface area contributed by atoms with Gasteiger partial charge in [-0.15, -0.1) is 0 Å². The quantitative estimate of drug-likeness (QED) is 0.224. The molecule has 0 aliphatic carbocycles. The monoisotopic (exact) mass is 569 g/mol. The first kappa shape index (κ1) is 33.3. The van der Waals surface area contributed by atoms with Crippen molar-refractivity contribution in [3.63, 3.8) is 0 Å². The predicted molar refractivity (Wildman–Crippen MR) is 155 cm³/mol. The summed E-state index contributed by atoms with van der Waals surface area (Å²) in [7, 11) is 1.50. The molecule has 2 rings (SSSR count). The van der Waals surface area contributed by atoms with Crippen molar-refractivity contribution in [3.05, 3.63) is 71.8 Å². The lowest BCUT2D eigenvalue weighted by molar-refractivity contribution is -0.167. The summed E-state index contributed by atoms with van der Waals surface area (Å²) in [5.74, 6) is -2.09. The van der Waals surface area contributed by atoms with Gasteiger partial charge in [0.25, 0.3) is 0 Å². The maximum Gasteiger partial charge on any atom is 0.422 e. The largest absolute Gasteiger partial charge is 0.481 e. The molecule has 2 aromatic rings. The molecular formula is C31H43N3O7. The van der Waals surface area contributed by atoms with Gasteiger partial charge in [-0.25, -0.2) is 9.80 Å². The molecule has 0 radical (unpaired) electrons. The summed E-state index contributed by atoms with van der Waals surface area (Å²) in [5, 5.41) is 13.6. The van der Waals surface area contributed by atoms with Gasteiger partial charge in [0.1, 0.15) is 18.2 Å². The van der Waals surface area contributed by atoms with Crippen LogP contribution in [0.1, 0.15) is 65.0 Å². The number of aliphatic carboxylic acids is 1. The Morgan fingerprint density at radius 3 is 2.00 bits per heavy atom. The van der Waals surface area contributed by atoms with Crippen LogP contribution in [0.5, 0.6) is 0 Å². The average Bonchev–Trinajstić information content (AvgIpc) is 2.89. The molecule has 0 aliphatic heterocycles. The van der Waals surface area contributed by atoms with Crippen molar-refractivity contribution in [2.75, 3.05) is 7.05 Å². The minimum Gasteiger partial charge on any atom is -0.481 e. The van der Waals surface area contributed by atoms with E-state index in [4.69, 9.17) is 9.47 Å². The fourth-order valence-electron chi connectivity index (χ4n) is 4.08. The standard InChI is InChI=1S/C31H43N3O7/c1-30(2,3)41-28(38)31(4,5)20-25(34(6)33-29(39)40-21-23-15-11-8-12-16-23)27(37)32-24(19-26(35)36)18-17-22-13-9-7-10-14-22/h7-16,24-25H,17-21H2,1-6H3,(H,32,37)(H,33,39)(H,35,36)/t24-,25+/m1/s1. The molecule has 0 aromatic heterocycles. The number of ether oxygens (including phenoxy) is 2. The molecule has 0 bridgehead atoms. The lowest BCUT2D eigenvalue weighted by atomic mass is 9.84. The molecule has 10 nitrogen and oxygen atoms in total. The molecule has 0 aliphatic rings. The molecule has 0 heterocycles. The number of likely N-dealkylation sites (N-methyl/N-ethyl adjacent to an activating group) is 1. The zero-order valence-electron chi connectivity index (χ0n) is 24.8. The lowest BCUT2D eigenvalue weighted by Crippen LogP contribution is -2.56. The summed E-state index contributed by atoms with van der Waals surface area (Å²) >= 11 is 0. The van der Waals surface area contributed by atoms with Crippen molar-refractivity contribution in [3.8, 4) is 0 Å². The van der Waals surface area contributed by atoms with Gasteiger partial charge < -0.3 is 19.9 Å². The van der Waals surface area contributed by atoms with Crippen LogP contribution in [0.4, 0.5) is 4.79 Å². The SMILES string of the molecule is CN(NC(=O)OCc1ccccc1)[C@@H](CC(C)(C)C(=O)OC(C)(C)C)C(=O)N[C@H](CCc1ccccc1)CC(=O)O. The molecule has 10 heteroatoms. The van der Waals surface area contributed by atoms with Gasteiger partial charge in [0.05, 0.1) is 11.8 Å². The number of rotatable bonds is 14. The van der Waals surface area contributed by atoms with E-state index in [9.17, 15) is 24.3 Å². The summed E-state index contributed by atoms with van der Waals surface area (Å²) < 4.78 is 10.9. The molecular weight excluding hydrogens is 526 g/mol. The molecule has 2 atom stereocenters. The number of hydrogen-bond acceptors (Lipinski definition) is 7. The van der Waals surface area contributed by atoms with Gasteiger partial charge in [0, 0.05) is 13.1 Å². The summed E-state index contributed by atoms with van der Waals surface area (Å²) in [4.78, 5) is 50.8. The number of hydrogen-bond donors (Lipinski definition) is 3. The first-order valence-corrected chi connectivity index (χ1v) is 13.7. The number of hydrazine groups is 1. The van der Waals surface area contributed by atoms with Crippen LogP contribution in [0.25, 0.3) is 0 Å². The van der Waals surface area contributed by atoms with E-state index in [2.05, 4.69) is 10.7 Å². The summed E-state index contributed by atoms with van der Waals surface area (Å²) in [6.07, 6.45) is -0.137. The maximum atomic E-state index is 13.6. The lowest BCUT2D eigenvalue weighted by Gasteiger charge is -2.35. The molecule has 0 fully saturated rings. The van der Waals surface area contributed by atoms with E-state index < -0.39 is 47.0 Å². The highest BCUT2D eigenvalue weighted by Crippen LogP contribution is 2.28. The van der Waals surface area contributed by atoms with Crippen molar-refractivity contribution >= 4 is 23.9 Å². The molecule has 224 valence electrons. The number of nitrogens with one attached hydrogen (secondary N) is 2. The molecule has 0 saturated carbocycles. The van der Waals surface area contributed by atoms with E-state index in [1.165, 1.54) is 12.1 Å². The van der Waals surface area contributed by atoms with Crippen LogP contribution >= 0.6 is 0 Å². The van der Waals surface area contributed by atoms with Crippen molar-refractivity contribution in [1.82, 2.24) is 15.8 Å². The van der Waals surface area contributed by atoms with Gasteiger partial charge in [-0.05, 0) is 65.0 Å². The van der Waals surface area contributed by atoms with E-state index in [1.807, 2.05) is 60.7 Å². The second-order valence-corrected chi connectivity index (χ2v) is 11.7. The topological polar surface area (TPSA) is 134 Å². The number of esters is 1. The second-order valence-electron chi connectivity index (χ2n) is 11.7. The smallest absolute Gasteiger partial charge is 0.422 e. The average molecular weight is 570 g/mol. The predicted octanol–water partition coefficient (Wildman–Crippen LogP) is 4.48. The number of carbonyl (C=O) groups is 4. The van der Waals surface area contributed by atoms with Crippen molar-refractivity contribution in [1.29, 1.82) is 0 Å². The molecule has 0 spiro atoms. The van der Waals surface area contributed by atoms with Gasteiger partial charge in [-0.1, -0.05) is 60.7 Å². The molecule has 3 N–H and O–H groups in total. The molecule has 41 heavy (non-hydrogen) atoms. The van der Waals surface area contributed by atoms with Gasteiger partial charge in [0.2, 0.25) is 5.91 Å². The number of aryl methyl sites for hydroxylation is 1. The number of carboxylic acid groups (broad SMARTS) is 1. The fraction of sp³-hybridized carbons (Fsp3) is 0.484. The Balaban J connectivity index is 2.20. The van der Waals surface area contributed by atoms with E-state index in [1.54, 1.807) is 34.6 Å². The van der Waals surface area contributed by atoms with E-state index in [0.717, 1.165) is 11.1 Å². The van der Waals surface area contributed by atoms with Gasteiger partial charge >= 0.3 is 18.0 Å². The number of nitrogens with zero attached hydrogens (tertiary/aromatic N) is 1. The minimum absolute atomic E-state index is 0.0261. The Kier molecular flexibility index (Phi) is 12.3. The molecule has 2 amide bonds. The second kappa shape index (κ2) is 15.2. The van der Waals surface area contributed by atoms with Crippen LogP contribution in [0.2, 0.25) is 0 Å². The maximum absolute atomic E-state index is 13.6. The van der Waals surface area contributed by atoms with Gasteiger partial charge in [-0.2, -0.15) is 0 Å². The Morgan fingerprint density at radius 1 is 0.902 bits per heavy atom. The summed E-state index contributed by atoms with van der Waals surface area (Å²) in [6, 6.07) is 17.0. The van der Waals surface area contributed by atoms with Crippen molar-refractivity contribution in [2.45, 2.75) is 84.6 Å². The van der Waals surface area contributed by atoms with Crippen LogP contribution in [0.3, 0.4) is 0 Å². The first-order chi connectivity index (χ1) is 19.2. The number of benzene rings is 2. The van der Waals surface area contributed by atoms with Gasteiger partial charge in [-0.3, -0.25) is 19.8 Å². The number of amides is 2. The zero-order valence-corrected chi connectivity index (χ0v) is 24.8. The molecule has 0 saturated heterocycles. The van der Waals surface area contributed by atoms with Crippen LogP contribution in [0, 0.1) is 5.41 Å². The van der Waals surface area contributed by atoms with Crippen LogP contribution < -0.4 is 10.7 Å². The molecule has 0 unspecified atom stereocenters. The van der Waals surface area contributed by atoms with E-state index in [-0.39, 0.29) is 19.4 Å². The van der Waals surface area contributed by atoms with Crippen molar-refractivity contribution in [2.24, 2.45) is 5.41 Å². The van der Waals surface area contributed by atoms with Crippen LogP contribution in [-0.4, -0.2) is 58.8 Å². The van der Waals surface area contributed by atoms with Crippen molar-refractivity contribution < 1.29 is 33.8 Å². The highest BCUT2D eigenvalue weighted by molar-refractivity contribution is 5.85. The summed E-state index contributed by atoms with van der Waals surface area (Å²) in [6.45, 7) is 8.61. The number of carbonyl (C=O) groups excluding carboxylic acids is 3. The molecule has 2 aromatic carbocycles. The fourth-order valence-corrected chi connectivity index (χ4v) is 4.08. The van der Waals surface area contributed by atoms with E-state index >= 15 is 0 Å². The van der Waals surface area contributed by atoms with E-state index in [0.29, 0.717) is 12.8 Å². The third kappa shape index (κ3) is 12.4. The Hall–Kier alpha value is -3.92. The third-order valence-corrected chi connectivity index (χ3v) is 6.30. The normalized spacial score (nSPS) is 13.1. The Bertz CT molecular complexity index is 1150. The first-order valence-electron chi connectivity index (χ1n) is 13.7. The van der Waals surface area contributed by atoms with Gasteiger partial charge in [0.15, 0.2) is 0 Å². The Labute approximate surface area is 242 Å². The number of carboxylic acids is 1. The summed E-state index contributed by atoms with van der Waals surface area (Å²) in [5.41, 5.74) is 2.51. The Morgan fingerprint density at radius 2 is 1.46 bits per heavy atom.